The molecule has 0 aliphatic heterocycles. The molecule has 0 saturated carbocycles. The Labute approximate surface area is 172 Å². The van der Waals surface area contributed by atoms with Gasteiger partial charge in [-0.15, -0.1) is 0 Å². The van der Waals surface area contributed by atoms with Crippen LogP contribution >= 0.6 is 0 Å². The van der Waals surface area contributed by atoms with Crippen molar-refractivity contribution in [3.05, 3.63) is 102 Å². The Morgan fingerprint density at radius 2 is 1.50 bits per heavy atom. The van der Waals surface area contributed by atoms with Crippen LogP contribution in [0.1, 0.15) is 11.1 Å². The lowest BCUT2D eigenvalue weighted by Crippen LogP contribution is -2.45. The molecular formula is C23H20F2N2O3. The first-order valence-corrected chi connectivity index (χ1v) is 9.28. The summed E-state index contributed by atoms with van der Waals surface area (Å²) in [5.41, 5.74) is 1.41. The van der Waals surface area contributed by atoms with E-state index in [4.69, 9.17) is 4.74 Å². The van der Waals surface area contributed by atoms with Crippen LogP contribution in [0.15, 0.2) is 78.9 Å². The molecule has 5 nitrogen and oxygen atoms in total. The predicted octanol–water partition coefficient (Wildman–Crippen LogP) is 4.44. The molecule has 2 amide bonds. The molecule has 7 heteroatoms. The van der Waals surface area contributed by atoms with Gasteiger partial charge in [-0.1, -0.05) is 60.7 Å². The van der Waals surface area contributed by atoms with Crippen molar-refractivity contribution in [1.29, 1.82) is 0 Å². The van der Waals surface area contributed by atoms with Crippen LogP contribution in [0.5, 0.6) is 0 Å². The molecule has 0 radical (unpaired) electrons. The molecule has 0 aliphatic carbocycles. The number of benzene rings is 3. The van der Waals surface area contributed by atoms with Crippen LogP contribution in [0.25, 0.3) is 0 Å². The van der Waals surface area contributed by atoms with E-state index in [0.29, 0.717) is 6.07 Å². The third-order valence-electron chi connectivity index (χ3n) is 4.29. The van der Waals surface area contributed by atoms with Crippen molar-refractivity contribution in [1.82, 2.24) is 5.32 Å². The van der Waals surface area contributed by atoms with Gasteiger partial charge in [-0.25, -0.2) is 13.6 Å². The molecule has 0 fully saturated rings. The molecule has 0 aliphatic rings. The monoisotopic (exact) mass is 410 g/mol. The van der Waals surface area contributed by atoms with Crippen molar-refractivity contribution >= 4 is 17.7 Å². The van der Waals surface area contributed by atoms with Gasteiger partial charge >= 0.3 is 6.09 Å². The van der Waals surface area contributed by atoms with Crippen LogP contribution in [-0.2, 0) is 22.6 Å². The van der Waals surface area contributed by atoms with Gasteiger partial charge in [0.05, 0.1) is 5.69 Å². The van der Waals surface area contributed by atoms with E-state index in [1.54, 1.807) is 36.4 Å². The maximum Gasteiger partial charge on any atom is 0.408 e. The molecule has 3 rings (SSSR count). The standard InChI is InChI=1S/C23H20F2N2O3/c24-18-11-12-20(19(25)14-18)26-22(28)21(13-16-7-3-1-4-8-16)27-23(29)30-15-17-9-5-2-6-10-17/h1-12,14,21H,13,15H2,(H,26,28)(H,27,29)/t21-/m0/s1. The summed E-state index contributed by atoms with van der Waals surface area (Å²) >= 11 is 0. The molecule has 2 N–H and O–H groups in total. The number of ether oxygens (including phenoxy) is 1. The van der Waals surface area contributed by atoms with Crippen molar-refractivity contribution in [2.75, 3.05) is 5.32 Å². The van der Waals surface area contributed by atoms with E-state index in [-0.39, 0.29) is 18.7 Å². The highest BCUT2D eigenvalue weighted by atomic mass is 19.1. The summed E-state index contributed by atoms with van der Waals surface area (Å²) in [7, 11) is 0. The lowest BCUT2D eigenvalue weighted by Gasteiger charge is -2.19. The van der Waals surface area contributed by atoms with Crippen LogP contribution in [0.3, 0.4) is 0 Å². The van der Waals surface area contributed by atoms with Crippen LogP contribution in [0.2, 0.25) is 0 Å². The highest BCUT2D eigenvalue weighted by Gasteiger charge is 2.23. The van der Waals surface area contributed by atoms with Gasteiger partial charge in [0.1, 0.15) is 24.3 Å². The van der Waals surface area contributed by atoms with Gasteiger partial charge in [-0.2, -0.15) is 0 Å². The molecule has 0 bridgehead atoms. The second kappa shape index (κ2) is 10.2. The number of carbonyl (C=O) groups excluding carboxylic acids is 2. The molecule has 154 valence electrons. The number of alkyl carbamates (subject to hydrolysis) is 1. The fourth-order valence-corrected chi connectivity index (χ4v) is 2.78. The van der Waals surface area contributed by atoms with Gasteiger partial charge in [0.25, 0.3) is 0 Å². The van der Waals surface area contributed by atoms with Gasteiger partial charge in [-0.05, 0) is 23.3 Å². The SMILES string of the molecule is O=C(N[C@@H](Cc1ccccc1)C(=O)Nc1ccc(F)cc1F)OCc1ccccc1. The van der Waals surface area contributed by atoms with E-state index in [1.165, 1.54) is 0 Å². The number of rotatable bonds is 7. The lowest BCUT2D eigenvalue weighted by molar-refractivity contribution is -0.118. The van der Waals surface area contributed by atoms with Gasteiger partial charge < -0.3 is 15.4 Å². The first-order valence-electron chi connectivity index (χ1n) is 9.28. The van der Waals surface area contributed by atoms with E-state index >= 15 is 0 Å². The minimum atomic E-state index is -1.03. The summed E-state index contributed by atoms with van der Waals surface area (Å²) in [5.74, 6) is -2.32. The van der Waals surface area contributed by atoms with Crippen LogP contribution in [-0.4, -0.2) is 18.0 Å². The Hall–Kier alpha value is -3.74. The molecule has 0 saturated heterocycles. The maximum absolute atomic E-state index is 13.9. The Kier molecular flexibility index (Phi) is 7.10. The van der Waals surface area contributed by atoms with Gasteiger partial charge in [0, 0.05) is 12.5 Å². The second-order valence-electron chi connectivity index (χ2n) is 6.56. The van der Waals surface area contributed by atoms with E-state index in [9.17, 15) is 18.4 Å². The van der Waals surface area contributed by atoms with Gasteiger partial charge in [0.2, 0.25) is 5.91 Å². The van der Waals surface area contributed by atoms with E-state index in [0.717, 1.165) is 23.3 Å². The minimum Gasteiger partial charge on any atom is -0.445 e. The minimum absolute atomic E-state index is 0.0406. The zero-order chi connectivity index (χ0) is 21.3. The van der Waals surface area contributed by atoms with E-state index < -0.39 is 29.7 Å². The molecular weight excluding hydrogens is 390 g/mol. The maximum atomic E-state index is 13.9. The lowest BCUT2D eigenvalue weighted by atomic mass is 10.1. The molecule has 0 spiro atoms. The third kappa shape index (κ3) is 6.13. The summed E-state index contributed by atoms with van der Waals surface area (Å²) in [6.07, 6.45) is -0.620. The van der Waals surface area contributed by atoms with Crippen LogP contribution < -0.4 is 10.6 Å². The number of anilines is 1. The Bertz CT molecular complexity index is 998. The van der Waals surface area contributed by atoms with Gasteiger partial charge in [0.15, 0.2) is 0 Å². The van der Waals surface area contributed by atoms with Gasteiger partial charge in [-0.3, -0.25) is 4.79 Å². The fourth-order valence-electron chi connectivity index (χ4n) is 2.78. The molecule has 0 aromatic heterocycles. The summed E-state index contributed by atoms with van der Waals surface area (Å²) in [5, 5.41) is 4.90. The predicted molar refractivity (Wildman–Crippen MR) is 109 cm³/mol. The third-order valence-corrected chi connectivity index (χ3v) is 4.29. The number of amides is 2. The molecule has 3 aromatic carbocycles. The first-order chi connectivity index (χ1) is 14.5. The van der Waals surface area contributed by atoms with Crippen LogP contribution in [0, 0.1) is 11.6 Å². The van der Waals surface area contributed by atoms with Crippen molar-refractivity contribution in [2.45, 2.75) is 19.1 Å². The largest absolute Gasteiger partial charge is 0.445 e. The van der Waals surface area contributed by atoms with Crippen molar-refractivity contribution < 1.29 is 23.1 Å². The zero-order valence-corrected chi connectivity index (χ0v) is 16.0. The zero-order valence-electron chi connectivity index (χ0n) is 16.0. The summed E-state index contributed by atoms with van der Waals surface area (Å²) in [4.78, 5) is 25.0. The topological polar surface area (TPSA) is 67.4 Å². The van der Waals surface area contributed by atoms with Crippen molar-refractivity contribution in [3.63, 3.8) is 0 Å². The first kappa shape index (κ1) is 21.0. The number of halogens is 2. The Morgan fingerprint density at radius 3 is 2.13 bits per heavy atom. The van der Waals surface area contributed by atoms with Crippen LogP contribution in [0.4, 0.5) is 19.3 Å². The highest BCUT2D eigenvalue weighted by Crippen LogP contribution is 2.16. The average molecular weight is 410 g/mol. The Balaban J connectivity index is 1.69. The number of hydrogen-bond acceptors (Lipinski definition) is 3. The Morgan fingerprint density at radius 1 is 0.867 bits per heavy atom. The number of carbonyl (C=O) groups is 2. The molecule has 0 unspecified atom stereocenters. The summed E-state index contributed by atoms with van der Waals surface area (Å²) in [6.45, 7) is 0.0406. The average Bonchev–Trinajstić information content (AvgIpc) is 2.75. The second-order valence-corrected chi connectivity index (χ2v) is 6.56. The molecule has 1 atom stereocenters. The van der Waals surface area contributed by atoms with Crippen molar-refractivity contribution in [3.8, 4) is 0 Å². The number of nitrogens with one attached hydrogen (secondary N) is 2. The summed E-state index contributed by atoms with van der Waals surface area (Å²) in [6, 6.07) is 19.9. The molecule has 0 heterocycles. The van der Waals surface area contributed by atoms with Crippen molar-refractivity contribution in [2.24, 2.45) is 0 Å². The summed E-state index contributed by atoms with van der Waals surface area (Å²) < 4.78 is 32.2. The quantitative estimate of drug-likeness (QED) is 0.605. The van der Waals surface area contributed by atoms with E-state index in [1.807, 2.05) is 24.3 Å². The number of hydrogen-bond donors (Lipinski definition) is 2. The van der Waals surface area contributed by atoms with E-state index in [2.05, 4.69) is 10.6 Å². The normalized spacial score (nSPS) is 11.4. The fraction of sp³-hybridized carbons (Fsp3) is 0.130. The highest BCUT2D eigenvalue weighted by molar-refractivity contribution is 5.96. The smallest absolute Gasteiger partial charge is 0.408 e. The molecule has 3 aromatic rings. The molecule has 30 heavy (non-hydrogen) atoms.